The number of hydrogen-bond acceptors (Lipinski definition) is 4. The molecule has 2 aliphatic rings. The number of carbonyl (C=O) groups excluding carboxylic acids is 3. The van der Waals surface area contributed by atoms with Crippen molar-refractivity contribution in [2.24, 2.45) is 0 Å². The summed E-state index contributed by atoms with van der Waals surface area (Å²) in [6.07, 6.45) is 6.56. The average Bonchev–Trinajstić information content (AvgIpc) is 3.15. The second-order valence-electron chi connectivity index (χ2n) is 6.98. The summed E-state index contributed by atoms with van der Waals surface area (Å²) in [6.45, 7) is 1.67. The predicted molar refractivity (Wildman–Crippen MR) is 96.2 cm³/mol. The molecule has 1 saturated heterocycles. The van der Waals surface area contributed by atoms with E-state index in [9.17, 15) is 14.4 Å². The third kappa shape index (κ3) is 3.86. The van der Waals surface area contributed by atoms with E-state index in [-0.39, 0.29) is 24.4 Å². The van der Waals surface area contributed by atoms with Gasteiger partial charge in [0.05, 0.1) is 6.04 Å². The fourth-order valence-corrected chi connectivity index (χ4v) is 4.44. The molecule has 4 amide bonds. The van der Waals surface area contributed by atoms with Gasteiger partial charge in [-0.3, -0.25) is 14.5 Å². The molecular formula is C18H25N3O3S. The highest BCUT2D eigenvalue weighted by Gasteiger charge is 2.50. The Morgan fingerprint density at radius 2 is 1.96 bits per heavy atom. The summed E-state index contributed by atoms with van der Waals surface area (Å²) in [5, 5.41) is 7.70. The first-order valence-electron chi connectivity index (χ1n) is 8.99. The van der Waals surface area contributed by atoms with E-state index in [0.717, 1.165) is 35.5 Å². The molecule has 7 heteroatoms. The van der Waals surface area contributed by atoms with Gasteiger partial charge in [-0.25, -0.2) is 4.79 Å². The van der Waals surface area contributed by atoms with Crippen LogP contribution >= 0.6 is 11.3 Å². The van der Waals surface area contributed by atoms with E-state index in [0.29, 0.717) is 12.8 Å². The van der Waals surface area contributed by atoms with Crippen LogP contribution in [0.5, 0.6) is 0 Å². The van der Waals surface area contributed by atoms with Crippen molar-refractivity contribution in [1.29, 1.82) is 0 Å². The number of hydrogen-bond donors (Lipinski definition) is 2. The minimum atomic E-state index is -0.794. The lowest BCUT2D eigenvalue weighted by molar-refractivity contribution is -0.135. The predicted octanol–water partition coefficient (Wildman–Crippen LogP) is 2.96. The Morgan fingerprint density at radius 3 is 2.60 bits per heavy atom. The molecule has 1 aromatic heterocycles. The highest BCUT2D eigenvalue weighted by atomic mass is 32.1. The maximum atomic E-state index is 12.9. The maximum absolute atomic E-state index is 12.9. The Bertz CT molecular complexity index is 636. The first-order valence-corrected chi connectivity index (χ1v) is 9.87. The largest absolute Gasteiger partial charge is 0.347 e. The van der Waals surface area contributed by atoms with Crippen molar-refractivity contribution in [2.75, 3.05) is 6.54 Å². The molecule has 1 atom stereocenters. The quantitative estimate of drug-likeness (QED) is 0.807. The van der Waals surface area contributed by atoms with E-state index in [1.165, 1.54) is 6.42 Å². The van der Waals surface area contributed by atoms with Gasteiger partial charge in [0.2, 0.25) is 5.91 Å². The van der Waals surface area contributed by atoms with Crippen molar-refractivity contribution in [3.63, 3.8) is 0 Å². The zero-order chi connectivity index (χ0) is 17.9. The number of nitrogens with one attached hydrogen (secondary N) is 2. The summed E-state index contributed by atoms with van der Waals surface area (Å²) < 4.78 is 0. The smallest absolute Gasteiger partial charge is 0.325 e. The molecule has 25 heavy (non-hydrogen) atoms. The standard InChI is InChI=1S/C18H25N3O3S/c1-13(14-8-7-11-25-14)19-15(22)12-21-16(23)18(20-17(21)24)9-5-3-2-4-6-10-18/h7-8,11,13H,2-6,9-10,12H2,1H3,(H,19,22)(H,20,24). The van der Waals surface area contributed by atoms with Crippen LogP contribution in [0.25, 0.3) is 0 Å². The number of thiophene rings is 1. The van der Waals surface area contributed by atoms with E-state index in [2.05, 4.69) is 10.6 Å². The number of nitrogens with zero attached hydrogens (tertiary/aromatic N) is 1. The first kappa shape index (κ1) is 17.9. The molecule has 1 aliphatic carbocycles. The third-order valence-electron chi connectivity index (χ3n) is 5.10. The van der Waals surface area contributed by atoms with Gasteiger partial charge in [-0.2, -0.15) is 0 Å². The van der Waals surface area contributed by atoms with Gasteiger partial charge >= 0.3 is 6.03 Å². The highest BCUT2D eigenvalue weighted by Crippen LogP contribution is 2.32. The van der Waals surface area contributed by atoms with Gasteiger partial charge in [0.15, 0.2) is 0 Å². The molecule has 1 spiro atoms. The van der Waals surface area contributed by atoms with Crippen LogP contribution in [0.4, 0.5) is 4.79 Å². The van der Waals surface area contributed by atoms with Gasteiger partial charge in [-0.15, -0.1) is 11.3 Å². The second-order valence-corrected chi connectivity index (χ2v) is 7.96. The van der Waals surface area contributed by atoms with Gasteiger partial charge < -0.3 is 10.6 Å². The lowest BCUT2D eigenvalue weighted by Gasteiger charge is -2.28. The van der Waals surface area contributed by atoms with Crippen LogP contribution in [0.3, 0.4) is 0 Å². The van der Waals surface area contributed by atoms with E-state index in [4.69, 9.17) is 0 Å². The summed E-state index contributed by atoms with van der Waals surface area (Å²) >= 11 is 1.56. The van der Waals surface area contributed by atoms with E-state index >= 15 is 0 Å². The SMILES string of the molecule is CC(NC(=O)CN1C(=O)NC2(CCCCCCC2)C1=O)c1cccs1. The molecule has 1 aliphatic heterocycles. The van der Waals surface area contributed by atoms with Gasteiger partial charge in [-0.05, 0) is 31.2 Å². The molecule has 0 bridgehead atoms. The van der Waals surface area contributed by atoms with Crippen molar-refractivity contribution in [1.82, 2.24) is 15.5 Å². The molecule has 2 fully saturated rings. The van der Waals surface area contributed by atoms with E-state index in [1.54, 1.807) is 11.3 Å². The van der Waals surface area contributed by atoms with Crippen LogP contribution in [0, 0.1) is 0 Å². The minimum Gasteiger partial charge on any atom is -0.347 e. The lowest BCUT2D eigenvalue weighted by Crippen LogP contribution is -2.48. The van der Waals surface area contributed by atoms with Gasteiger partial charge in [0.1, 0.15) is 12.1 Å². The molecule has 3 rings (SSSR count). The number of carbonyl (C=O) groups is 3. The molecule has 136 valence electrons. The summed E-state index contributed by atoms with van der Waals surface area (Å²) in [5.74, 6) is -0.550. The van der Waals surface area contributed by atoms with Crippen molar-refractivity contribution >= 4 is 29.2 Å². The first-order chi connectivity index (χ1) is 12.0. The zero-order valence-electron chi connectivity index (χ0n) is 14.5. The fraction of sp³-hybridized carbons (Fsp3) is 0.611. The van der Waals surface area contributed by atoms with Crippen molar-refractivity contribution < 1.29 is 14.4 Å². The van der Waals surface area contributed by atoms with Gasteiger partial charge in [0.25, 0.3) is 5.91 Å². The third-order valence-corrected chi connectivity index (χ3v) is 6.16. The van der Waals surface area contributed by atoms with Crippen LogP contribution in [0.15, 0.2) is 17.5 Å². The van der Waals surface area contributed by atoms with Crippen molar-refractivity contribution in [3.8, 4) is 0 Å². The van der Waals surface area contributed by atoms with Crippen LogP contribution in [-0.4, -0.2) is 34.8 Å². The lowest BCUT2D eigenvalue weighted by atomic mass is 9.84. The van der Waals surface area contributed by atoms with Gasteiger partial charge in [0, 0.05) is 4.88 Å². The molecule has 1 saturated carbocycles. The topological polar surface area (TPSA) is 78.5 Å². The van der Waals surface area contributed by atoms with Crippen molar-refractivity contribution in [3.05, 3.63) is 22.4 Å². The minimum absolute atomic E-state index is 0.136. The molecule has 6 nitrogen and oxygen atoms in total. The Hall–Kier alpha value is -1.89. The zero-order valence-corrected chi connectivity index (χ0v) is 15.4. The molecule has 2 N–H and O–H groups in total. The summed E-state index contributed by atoms with van der Waals surface area (Å²) in [6, 6.07) is 3.30. The number of rotatable bonds is 4. The van der Waals surface area contributed by atoms with E-state index in [1.807, 2.05) is 24.4 Å². The summed E-state index contributed by atoms with van der Waals surface area (Å²) in [4.78, 5) is 39.6. The molecule has 1 unspecified atom stereocenters. The van der Waals surface area contributed by atoms with Crippen LogP contribution in [-0.2, 0) is 9.59 Å². The van der Waals surface area contributed by atoms with Crippen LogP contribution in [0.1, 0.15) is 62.8 Å². The van der Waals surface area contributed by atoms with Crippen LogP contribution in [0.2, 0.25) is 0 Å². The Morgan fingerprint density at radius 1 is 1.28 bits per heavy atom. The molecule has 0 aromatic carbocycles. The van der Waals surface area contributed by atoms with E-state index < -0.39 is 11.6 Å². The fourth-order valence-electron chi connectivity index (χ4n) is 3.71. The second kappa shape index (κ2) is 7.56. The normalized spacial score (nSPS) is 21.6. The molecular weight excluding hydrogens is 338 g/mol. The summed E-state index contributed by atoms with van der Waals surface area (Å²) in [7, 11) is 0. The monoisotopic (exact) mass is 363 g/mol. The highest BCUT2D eigenvalue weighted by molar-refractivity contribution is 7.10. The average molecular weight is 363 g/mol. The molecule has 2 heterocycles. The van der Waals surface area contributed by atoms with Crippen molar-refractivity contribution in [2.45, 2.75) is 63.5 Å². The van der Waals surface area contributed by atoms with Gasteiger partial charge in [-0.1, -0.05) is 38.2 Å². The molecule has 1 aromatic rings. The molecule has 0 radical (unpaired) electrons. The maximum Gasteiger partial charge on any atom is 0.325 e. The number of amides is 4. The number of urea groups is 1. The van der Waals surface area contributed by atoms with Crippen LogP contribution < -0.4 is 10.6 Å². The summed E-state index contributed by atoms with van der Waals surface area (Å²) in [5.41, 5.74) is -0.794. The Balaban J connectivity index is 1.63. The Kier molecular flexibility index (Phi) is 5.42. The Labute approximate surface area is 152 Å². The number of imide groups is 1.